The van der Waals surface area contributed by atoms with Gasteiger partial charge in [-0.05, 0) is 18.9 Å². The molecule has 1 aromatic carbocycles. The number of nitrogens with zero attached hydrogens (tertiary/aromatic N) is 2. The lowest BCUT2D eigenvalue weighted by Crippen LogP contribution is -2.31. The van der Waals surface area contributed by atoms with Crippen LogP contribution in [0.4, 0.5) is 11.6 Å². The summed E-state index contributed by atoms with van der Waals surface area (Å²) in [7, 11) is 0. The highest BCUT2D eigenvalue weighted by Crippen LogP contribution is 2.21. The van der Waals surface area contributed by atoms with Gasteiger partial charge in [-0.15, -0.1) is 0 Å². The van der Waals surface area contributed by atoms with Gasteiger partial charge in [-0.1, -0.05) is 13.8 Å². The van der Waals surface area contributed by atoms with E-state index in [0.717, 1.165) is 0 Å². The molecule has 1 unspecified atom stereocenters. The maximum atomic E-state index is 10.8. The van der Waals surface area contributed by atoms with Gasteiger partial charge >= 0.3 is 0 Å². The van der Waals surface area contributed by atoms with Crippen LogP contribution < -0.4 is 5.32 Å². The molecule has 2 rings (SSSR count). The second-order valence-electron chi connectivity index (χ2n) is 5.20. The van der Waals surface area contributed by atoms with Gasteiger partial charge in [0, 0.05) is 18.7 Å². The number of non-ortho nitro benzene ring substituents is 1. The van der Waals surface area contributed by atoms with Gasteiger partial charge in [0.25, 0.3) is 5.69 Å². The average molecular weight is 292 g/mol. The molecule has 1 heterocycles. The van der Waals surface area contributed by atoms with E-state index in [2.05, 4.69) is 29.1 Å². The number of imidazole rings is 1. The lowest BCUT2D eigenvalue weighted by molar-refractivity contribution is -0.384. The first-order chi connectivity index (χ1) is 10.0. The highest BCUT2D eigenvalue weighted by molar-refractivity contribution is 5.79. The van der Waals surface area contributed by atoms with E-state index in [-0.39, 0.29) is 11.7 Å². The number of H-pyrrole nitrogens is 1. The Bertz CT molecular complexity index is 624. The Labute approximate surface area is 122 Å². The predicted octanol–water partition coefficient (Wildman–Crippen LogP) is 2.94. The van der Waals surface area contributed by atoms with Crippen molar-refractivity contribution < 1.29 is 9.66 Å². The largest absolute Gasteiger partial charge is 0.380 e. The van der Waals surface area contributed by atoms with E-state index >= 15 is 0 Å². The zero-order valence-corrected chi connectivity index (χ0v) is 12.4. The molecule has 0 saturated heterocycles. The van der Waals surface area contributed by atoms with Gasteiger partial charge in [-0.3, -0.25) is 10.1 Å². The van der Waals surface area contributed by atoms with Gasteiger partial charge in [0.15, 0.2) is 0 Å². The number of nitrogens with one attached hydrogen (secondary N) is 2. The fourth-order valence-corrected chi connectivity index (χ4v) is 2.00. The van der Waals surface area contributed by atoms with Crippen LogP contribution >= 0.6 is 0 Å². The van der Waals surface area contributed by atoms with E-state index in [4.69, 9.17) is 4.74 Å². The van der Waals surface area contributed by atoms with E-state index < -0.39 is 4.92 Å². The third kappa shape index (κ3) is 3.69. The van der Waals surface area contributed by atoms with E-state index in [1.54, 1.807) is 6.07 Å². The Morgan fingerprint density at radius 1 is 1.48 bits per heavy atom. The number of hydrogen-bond acceptors (Lipinski definition) is 5. The molecule has 0 aliphatic rings. The van der Waals surface area contributed by atoms with Crippen LogP contribution in [0.3, 0.4) is 0 Å². The number of nitro groups is 1. The second-order valence-corrected chi connectivity index (χ2v) is 5.20. The van der Waals surface area contributed by atoms with Crippen LogP contribution in [0.15, 0.2) is 18.2 Å². The molecule has 0 saturated carbocycles. The molecule has 114 valence electrons. The number of anilines is 1. The van der Waals surface area contributed by atoms with Gasteiger partial charge in [-0.25, -0.2) is 4.98 Å². The summed E-state index contributed by atoms with van der Waals surface area (Å²) < 4.78 is 5.46. The molecule has 0 aliphatic heterocycles. The number of aromatic amines is 1. The summed E-state index contributed by atoms with van der Waals surface area (Å²) in [6, 6.07) is 4.70. The first-order valence-electron chi connectivity index (χ1n) is 6.99. The number of nitro benzene ring substituents is 1. The van der Waals surface area contributed by atoms with Crippen molar-refractivity contribution in [3.63, 3.8) is 0 Å². The molecule has 0 fully saturated rings. The maximum absolute atomic E-state index is 10.8. The fraction of sp³-hybridized carbons (Fsp3) is 0.500. The monoisotopic (exact) mass is 292 g/mol. The Balaban J connectivity index is 2.19. The van der Waals surface area contributed by atoms with Crippen molar-refractivity contribution in [1.29, 1.82) is 0 Å². The van der Waals surface area contributed by atoms with Crippen LogP contribution in [0.5, 0.6) is 0 Å². The van der Waals surface area contributed by atoms with E-state index in [0.29, 0.717) is 36.1 Å². The van der Waals surface area contributed by atoms with Crippen molar-refractivity contribution in [3.8, 4) is 0 Å². The minimum absolute atomic E-state index is 0.0485. The van der Waals surface area contributed by atoms with Crippen LogP contribution in [-0.2, 0) is 4.74 Å². The Hall–Kier alpha value is -2.15. The molecule has 2 aromatic rings. The lowest BCUT2D eigenvalue weighted by Gasteiger charge is -2.21. The summed E-state index contributed by atoms with van der Waals surface area (Å²) in [6.45, 7) is 7.41. The molecule has 0 radical (unpaired) electrons. The summed E-state index contributed by atoms with van der Waals surface area (Å²) in [5, 5.41) is 14.1. The predicted molar refractivity (Wildman–Crippen MR) is 81.5 cm³/mol. The highest BCUT2D eigenvalue weighted by Gasteiger charge is 2.16. The first-order valence-corrected chi connectivity index (χ1v) is 6.99. The molecular weight excluding hydrogens is 272 g/mol. The van der Waals surface area contributed by atoms with Crippen molar-refractivity contribution in [2.45, 2.75) is 26.8 Å². The molecule has 7 nitrogen and oxygen atoms in total. The van der Waals surface area contributed by atoms with Crippen molar-refractivity contribution in [3.05, 3.63) is 28.3 Å². The Morgan fingerprint density at radius 3 is 2.86 bits per heavy atom. The van der Waals surface area contributed by atoms with Gasteiger partial charge in [0.2, 0.25) is 5.95 Å². The Morgan fingerprint density at radius 2 is 2.24 bits per heavy atom. The molecular formula is C14H20N4O3. The average Bonchev–Trinajstić information content (AvgIpc) is 2.84. The number of benzene rings is 1. The van der Waals surface area contributed by atoms with E-state index in [9.17, 15) is 10.1 Å². The van der Waals surface area contributed by atoms with E-state index in [1.807, 2.05) is 6.92 Å². The zero-order chi connectivity index (χ0) is 15.4. The summed E-state index contributed by atoms with van der Waals surface area (Å²) in [5.41, 5.74) is 1.39. The number of rotatable bonds is 7. The normalized spacial score (nSPS) is 12.8. The molecule has 0 bridgehead atoms. The second kappa shape index (κ2) is 6.53. The van der Waals surface area contributed by atoms with Crippen LogP contribution in [0, 0.1) is 16.0 Å². The standard InChI is InChI=1S/C14H20N4O3/c1-4-21-8-13(9(2)3)17-14-15-11-6-5-10(18(19)20)7-12(11)16-14/h5-7,9,13H,4,8H2,1-3H3,(H2,15,16,17). The minimum Gasteiger partial charge on any atom is -0.380 e. The molecule has 0 amide bonds. The van der Waals surface area contributed by atoms with Crippen LogP contribution in [0.2, 0.25) is 0 Å². The SMILES string of the molecule is CCOCC(Nc1nc2ccc([N+](=O)[O-])cc2[nH]1)C(C)C. The fourth-order valence-electron chi connectivity index (χ4n) is 2.00. The quantitative estimate of drug-likeness (QED) is 0.604. The Kier molecular flexibility index (Phi) is 4.74. The van der Waals surface area contributed by atoms with Crippen molar-refractivity contribution in [1.82, 2.24) is 9.97 Å². The van der Waals surface area contributed by atoms with Gasteiger partial charge in [0.1, 0.15) is 0 Å². The van der Waals surface area contributed by atoms with Gasteiger partial charge in [-0.2, -0.15) is 0 Å². The summed E-state index contributed by atoms with van der Waals surface area (Å²) >= 11 is 0. The number of hydrogen-bond donors (Lipinski definition) is 2. The van der Waals surface area contributed by atoms with Gasteiger partial charge < -0.3 is 15.0 Å². The summed E-state index contributed by atoms with van der Waals surface area (Å²) in [4.78, 5) is 17.8. The smallest absolute Gasteiger partial charge is 0.271 e. The number of fused-ring (bicyclic) bond motifs is 1. The number of ether oxygens (including phenoxy) is 1. The molecule has 7 heteroatoms. The van der Waals surface area contributed by atoms with Crippen molar-refractivity contribution in [2.75, 3.05) is 18.5 Å². The van der Waals surface area contributed by atoms with Crippen molar-refractivity contribution >= 4 is 22.7 Å². The topological polar surface area (TPSA) is 93.1 Å². The molecule has 2 N–H and O–H groups in total. The lowest BCUT2D eigenvalue weighted by atomic mass is 10.1. The molecule has 0 aliphatic carbocycles. The summed E-state index contributed by atoms with van der Waals surface area (Å²) in [6.07, 6.45) is 0. The van der Waals surface area contributed by atoms with Crippen LogP contribution in [0.25, 0.3) is 11.0 Å². The minimum atomic E-state index is -0.417. The number of aromatic nitrogens is 2. The molecule has 1 aromatic heterocycles. The highest BCUT2D eigenvalue weighted by atomic mass is 16.6. The molecule has 1 atom stereocenters. The van der Waals surface area contributed by atoms with Gasteiger partial charge in [0.05, 0.1) is 28.6 Å². The molecule has 0 spiro atoms. The first kappa shape index (κ1) is 15.2. The van der Waals surface area contributed by atoms with Crippen LogP contribution in [0.1, 0.15) is 20.8 Å². The zero-order valence-electron chi connectivity index (χ0n) is 12.4. The van der Waals surface area contributed by atoms with Crippen molar-refractivity contribution in [2.24, 2.45) is 5.92 Å². The van der Waals surface area contributed by atoms with Crippen LogP contribution in [-0.4, -0.2) is 34.1 Å². The maximum Gasteiger partial charge on any atom is 0.271 e. The third-order valence-corrected chi connectivity index (χ3v) is 3.30. The summed E-state index contributed by atoms with van der Waals surface area (Å²) in [5.74, 6) is 0.975. The third-order valence-electron chi connectivity index (χ3n) is 3.30. The molecule has 21 heavy (non-hydrogen) atoms. The van der Waals surface area contributed by atoms with E-state index in [1.165, 1.54) is 12.1 Å².